The molecule has 0 radical (unpaired) electrons. The van der Waals surface area contributed by atoms with Crippen LogP contribution in [0.2, 0.25) is 0 Å². The SMILES string of the molecule is N#CC1(NC2CC2)CCCC1CCSC1CCCC1. The Labute approximate surface area is 121 Å². The minimum absolute atomic E-state index is 0.169. The Morgan fingerprint density at radius 3 is 2.58 bits per heavy atom. The van der Waals surface area contributed by atoms with Gasteiger partial charge in [0.05, 0.1) is 6.07 Å². The van der Waals surface area contributed by atoms with Gasteiger partial charge in [-0.25, -0.2) is 0 Å². The molecule has 0 aliphatic heterocycles. The van der Waals surface area contributed by atoms with Crippen LogP contribution in [-0.4, -0.2) is 22.6 Å². The minimum Gasteiger partial charge on any atom is -0.296 e. The Hall–Kier alpha value is -0.200. The van der Waals surface area contributed by atoms with Crippen molar-refractivity contribution in [1.82, 2.24) is 5.32 Å². The van der Waals surface area contributed by atoms with E-state index in [1.54, 1.807) is 0 Å². The first-order chi connectivity index (χ1) is 9.32. The average molecular weight is 278 g/mol. The first-order valence-corrected chi connectivity index (χ1v) is 9.18. The molecule has 0 aromatic heterocycles. The topological polar surface area (TPSA) is 35.8 Å². The van der Waals surface area contributed by atoms with E-state index < -0.39 is 0 Å². The normalized spacial score (nSPS) is 35.6. The van der Waals surface area contributed by atoms with Crippen LogP contribution < -0.4 is 5.32 Å². The van der Waals surface area contributed by atoms with Crippen molar-refractivity contribution in [1.29, 1.82) is 5.26 Å². The van der Waals surface area contributed by atoms with Crippen LogP contribution in [0, 0.1) is 17.2 Å². The quantitative estimate of drug-likeness (QED) is 0.801. The maximum absolute atomic E-state index is 9.66. The number of nitrogens with zero attached hydrogens (tertiary/aromatic N) is 1. The van der Waals surface area contributed by atoms with Crippen LogP contribution in [-0.2, 0) is 0 Å². The van der Waals surface area contributed by atoms with Gasteiger partial charge in [-0.05, 0) is 56.6 Å². The van der Waals surface area contributed by atoms with Crippen molar-refractivity contribution in [3.05, 3.63) is 0 Å². The monoisotopic (exact) mass is 278 g/mol. The molecular formula is C16H26N2S. The average Bonchev–Trinajstić information content (AvgIpc) is 2.92. The highest BCUT2D eigenvalue weighted by atomic mass is 32.2. The fourth-order valence-corrected chi connectivity index (χ4v) is 5.28. The van der Waals surface area contributed by atoms with Crippen molar-refractivity contribution in [3.63, 3.8) is 0 Å². The molecule has 2 unspecified atom stereocenters. The predicted molar refractivity (Wildman–Crippen MR) is 81.2 cm³/mol. The molecule has 0 spiro atoms. The van der Waals surface area contributed by atoms with Gasteiger partial charge in [-0.1, -0.05) is 19.3 Å². The van der Waals surface area contributed by atoms with Gasteiger partial charge in [-0.3, -0.25) is 5.32 Å². The molecule has 0 aromatic carbocycles. The van der Waals surface area contributed by atoms with E-state index in [1.807, 2.05) is 0 Å². The Morgan fingerprint density at radius 1 is 1.11 bits per heavy atom. The second-order valence-corrected chi connectivity index (χ2v) is 8.07. The van der Waals surface area contributed by atoms with E-state index in [9.17, 15) is 5.26 Å². The van der Waals surface area contributed by atoms with Gasteiger partial charge in [-0.2, -0.15) is 17.0 Å². The highest BCUT2D eigenvalue weighted by Gasteiger charge is 2.45. The van der Waals surface area contributed by atoms with Crippen LogP contribution in [0.1, 0.15) is 64.2 Å². The molecule has 1 N–H and O–H groups in total. The first-order valence-electron chi connectivity index (χ1n) is 8.13. The maximum Gasteiger partial charge on any atom is 0.109 e. The lowest BCUT2D eigenvalue weighted by atomic mass is 9.86. The number of nitrogens with one attached hydrogen (secondary N) is 1. The molecule has 0 amide bonds. The van der Waals surface area contributed by atoms with Crippen LogP contribution in [0.3, 0.4) is 0 Å². The third kappa shape index (κ3) is 3.28. The van der Waals surface area contributed by atoms with Crippen molar-refractivity contribution >= 4 is 11.8 Å². The molecule has 0 bridgehead atoms. The summed E-state index contributed by atoms with van der Waals surface area (Å²) in [6.45, 7) is 0. The molecule has 3 aliphatic carbocycles. The second kappa shape index (κ2) is 6.06. The lowest BCUT2D eigenvalue weighted by Crippen LogP contribution is -2.48. The summed E-state index contributed by atoms with van der Waals surface area (Å²) in [6, 6.07) is 3.31. The molecule has 19 heavy (non-hydrogen) atoms. The summed E-state index contributed by atoms with van der Waals surface area (Å²) < 4.78 is 0. The lowest BCUT2D eigenvalue weighted by Gasteiger charge is -2.30. The molecule has 0 saturated heterocycles. The van der Waals surface area contributed by atoms with E-state index in [1.165, 1.54) is 63.5 Å². The van der Waals surface area contributed by atoms with E-state index in [2.05, 4.69) is 23.1 Å². The summed E-state index contributed by atoms with van der Waals surface area (Å²) in [4.78, 5) is 0. The zero-order valence-electron chi connectivity index (χ0n) is 11.9. The van der Waals surface area contributed by atoms with Crippen LogP contribution in [0.4, 0.5) is 0 Å². The third-order valence-corrected chi connectivity index (χ3v) is 6.60. The summed E-state index contributed by atoms with van der Waals surface area (Å²) >= 11 is 2.18. The summed E-state index contributed by atoms with van der Waals surface area (Å²) in [5, 5.41) is 14.3. The highest BCUT2D eigenvalue weighted by Crippen LogP contribution is 2.41. The lowest BCUT2D eigenvalue weighted by molar-refractivity contribution is 0.308. The van der Waals surface area contributed by atoms with E-state index in [4.69, 9.17) is 0 Å². The van der Waals surface area contributed by atoms with Crippen molar-refractivity contribution in [2.45, 2.75) is 81.0 Å². The van der Waals surface area contributed by atoms with Crippen LogP contribution in [0.5, 0.6) is 0 Å². The van der Waals surface area contributed by atoms with Crippen LogP contribution in [0.15, 0.2) is 0 Å². The molecule has 3 saturated carbocycles. The number of hydrogen-bond donors (Lipinski definition) is 1. The van der Waals surface area contributed by atoms with Gasteiger partial charge in [0.1, 0.15) is 5.54 Å². The minimum atomic E-state index is -0.169. The number of thioether (sulfide) groups is 1. The molecule has 3 heteroatoms. The largest absolute Gasteiger partial charge is 0.296 e. The summed E-state index contributed by atoms with van der Waals surface area (Å²) in [5.74, 6) is 1.87. The second-order valence-electron chi connectivity index (χ2n) is 6.66. The van der Waals surface area contributed by atoms with E-state index in [0.717, 1.165) is 11.7 Å². The van der Waals surface area contributed by atoms with E-state index in [0.29, 0.717) is 12.0 Å². The molecule has 3 rings (SSSR count). The summed E-state index contributed by atoms with van der Waals surface area (Å²) in [5.41, 5.74) is -0.169. The van der Waals surface area contributed by atoms with Crippen molar-refractivity contribution in [2.75, 3.05) is 5.75 Å². The van der Waals surface area contributed by atoms with E-state index >= 15 is 0 Å². The van der Waals surface area contributed by atoms with Gasteiger partial charge in [0.2, 0.25) is 0 Å². The smallest absolute Gasteiger partial charge is 0.109 e. The van der Waals surface area contributed by atoms with Crippen molar-refractivity contribution in [3.8, 4) is 6.07 Å². The fraction of sp³-hybridized carbons (Fsp3) is 0.938. The van der Waals surface area contributed by atoms with Crippen molar-refractivity contribution in [2.24, 2.45) is 5.92 Å². The van der Waals surface area contributed by atoms with Gasteiger partial charge in [0, 0.05) is 11.3 Å². The zero-order valence-corrected chi connectivity index (χ0v) is 12.7. The van der Waals surface area contributed by atoms with Crippen LogP contribution >= 0.6 is 11.8 Å². The van der Waals surface area contributed by atoms with Gasteiger partial charge in [-0.15, -0.1) is 0 Å². The number of nitriles is 1. The molecule has 0 heterocycles. The molecule has 3 aliphatic rings. The molecular weight excluding hydrogens is 252 g/mol. The molecule has 106 valence electrons. The number of rotatable bonds is 6. The Balaban J connectivity index is 1.48. The van der Waals surface area contributed by atoms with Gasteiger partial charge < -0.3 is 0 Å². The summed E-state index contributed by atoms with van der Waals surface area (Å²) in [7, 11) is 0. The van der Waals surface area contributed by atoms with E-state index in [-0.39, 0.29) is 5.54 Å². The first kappa shape index (κ1) is 13.8. The molecule has 0 aromatic rings. The molecule has 3 fully saturated rings. The molecule has 2 nitrogen and oxygen atoms in total. The third-order valence-electron chi connectivity index (χ3n) is 5.18. The zero-order chi connectivity index (χ0) is 13.1. The van der Waals surface area contributed by atoms with Gasteiger partial charge in [0.15, 0.2) is 0 Å². The predicted octanol–water partition coefficient (Wildman–Crippen LogP) is 3.87. The van der Waals surface area contributed by atoms with Gasteiger partial charge >= 0.3 is 0 Å². The summed E-state index contributed by atoms with van der Waals surface area (Å²) in [6.07, 6.45) is 13.1. The van der Waals surface area contributed by atoms with Crippen LogP contribution in [0.25, 0.3) is 0 Å². The maximum atomic E-state index is 9.66. The van der Waals surface area contributed by atoms with Gasteiger partial charge in [0.25, 0.3) is 0 Å². The Morgan fingerprint density at radius 2 is 1.89 bits per heavy atom. The standard InChI is InChI=1S/C16H26N2S/c17-12-16(18-14-7-8-14)10-3-4-13(16)9-11-19-15-5-1-2-6-15/h13-15,18H,1-11H2. The Kier molecular flexibility index (Phi) is 4.39. The number of hydrogen-bond acceptors (Lipinski definition) is 3. The highest BCUT2D eigenvalue weighted by molar-refractivity contribution is 7.99. The fourth-order valence-electron chi connectivity index (χ4n) is 3.86. The molecule has 2 atom stereocenters. The van der Waals surface area contributed by atoms with Crippen molar-refractivity contribution < 1.29 is 0 Å². The Bertz CT molecular complexity index is 341.